The van der Waals surface area contributed by atoms with Gasteiger partial charge in [0.2, 0.25) is 14.2 Å². The van der Waals surface area contributed by atoms with Crippen molar-refractivity contribution in [3.63, 3.8) is 0 Å². The van der Waals surface area contributed by atoms with Gasteiger partial charge in [-0.05, 0) is 32.4 Å². The van der Waals surface area contributed by atoms with Gasteiger partial charge in [0, 0.05) is 18.5 Å². The fourth-order valence-corrected chi connectivity index (χ4v) is 3.81. The van der Waals surface area contributed by atoms with Crippen molar-refractivity contribution in [2.45, 2.75) is 31.7 Å². The fraction of sp³-hybridized carbons (Fsp3) is 0.429. The van der Waals surface area contributed by atoms with Crippen molar-refractivity contribution in [2.75, 3.05) is 17.7 Å². The zero-order chi connectivity index (χ0) is 15.6. The molecule has 21 heavy (non-hydrogen) atoms. The summed E-state index contributed by atoms with van der Waals surface area (Å²) < 4.78 is 23.0. The Morgan fingerprint density at radius 1 is 1.24 bits per heavy atom. The summed E-state index contributed by atoms with van der Waals surface area (Å²) in [6.07, 6.45) is 1.15. The third-order valence-corrected chi connectivity index (χ3v) is 5.74. The average Bonchev–Trinajstić information content (AvgIpc) is 2.85. The molecule has 0 aliphatic heterocycles. The molecule has 0 radical (unpaired) electrons. The zero-order valence-electron chi connectivity index (χ0n) is 12.6. The topological polar surface area (TPSA) is 63.2 Å². The molecule has 0 bridgehead atoms. The number of aryl methyl sites for hydroxylation is 2. The van der Waals surface area contributed by atoms with Crippen LogP contribution in [0.3, 0.4) is 0 Å². The van der Waals surface area contributed by atoms with Crippen LogP contribution >= 0.6 is 11.3 Å². The monoisotopic (exact) mass is 325 g/mol. The van der Waals surface area contributed by atoms with E-state index in [1.165, 1.54) is 11.1 Å². The number of hydrogen-bond donors (Lipinski definition) is 0. The second-order valence-electron chi connectivity index (χ2n) is 5.04. The van der Waals surface area contributed by atoms with E-state index in [0.29, 0.717) is 11.6 Å². The maximum absolute atomic E-state index is 11.5. The Bertz CT molecular complexity index is 738. The number of sulfone groups is 1. The maximum Gasteiger partial charge on any atom is 0.232 e. The van der Waals surface area contributed by atoms with E-state index in [1.807, 2.05) is 0 Å². The van der Waals surface area contributed by atoms with Crippen LogP contribution in [0.15, 0.2) is 22.5 Å². The molecule has 0 spiro atoms. The Labute approximate surface area is 129 Å². The van der Waals surface area contributed by atoms with Gasteiger partial charge in [0.25, 0.3) is 0 Å². The number of aromatic nitrogens is 2. The number of rotatable bonds is 5. The summed E-state index contributed by atoms with van der Waals surface area (Å²) in [7, 11) is -3.28. The summed E-state index contributed by atoms with van der Waals surface area (Å²) in [4.78, 5) is 2.17. The molecule has 0 amide bonds. The number of nitrogens with zero attached hydrogens (tertiary/aromatic N) is 3. The quantitative estimate of drug-likeness (QED) is 0.845. The van der Waals surface area contributed by atoms with E-state index >= 15 is 0 Å². The van der Waals surface area contributed by atoms with E-state index in [0.717, 1.165) is 29.8 Å². The molecule has 0 aliphatic carbocycles. The van der Waals surface area contributed by atoms with E-state index in [1.54, 1.807) is 0 Å². The number of hydrogen-bond acceptors (Lipinski definition) is 6. The van der Waals surface area contributed by atoms with E-state index in [4.69, 9.17) is 0 Å². The molecule has 0 N–H and O–H groups in total. The smallest absolute Gasteiger partial charge is 0.232 e. The molecule has 0 saturated carbocycles. The maximum atomic E-state index is 11.5. The third kappa shape index (κ3) is 3.79. The lowest BCUT2D eigenvalue weighted by Gasteiger charge is -2.24. The molecular formula is C14H19N3O2S2. The van der Waals surface area contributed by atoms with Crippen molar-refractivity contribution in [3.05, 3.63) is 34.3 Å². The van der Waals surface area contributed by atoms with Crippen molar-refractivity contribution >= 4 is 26.9 Å². The molecule has 5 nitrogen and oxygen atoms in total. The summed E-state index contributed by atoms with van der Waals surface area (Å²) in [5, 5.41) is 8.46. The largest absolute Gasteiger partial charge is 0.365 e. The highest BCUT2D eigenvalue weighted by Gasteiger charge is 2.16. The molecule has 1 heterocycles. The van der Waals surface area contributed by atoms with E-state index in [2.05, 4.69) is 54.1 Å². The Kier molecular flexibility index (Phi) is 4.63. The van der Waals surface area contributed by atoms with Crippen LogP contribution in [0, 0.1) is 13.8 Å². The summed E-state index contributed by atoms with van der Waals surface area (Å²) in [5.74, 6) is 0. The van der Waals surface area contributed by atoms with E-state index in [-0.39, 0.29) is 4.34 Å². The molecule has 7 heteroatoms. The van der Waals surface area contributed by atoms with Crippen molar-refractivity contribution in [2.24, 2.45) is 0 Å². The van der Waals surface area contributed by atoms with Crippen LogP contribution in [-0.2, 0) is 16.4 Å². The van der Waals surface area contributed by atoms with Crippen molar-refractivity contribution in [1.29, 1.82) is 0 Å². The number of benzene rings is 1. The summed E-state index contributed by atoms with van der Waals surface area (Å²) in [6.45, 7) is 7.59. The molecule has 2 aromatic rings. The van der Waals surface area contributed by atoms with Crippen LogP contribution in [-0.4, -0.2) is 31.4 Å². The van der Waals surface area contributed by atoms with Gasteiger partial charge >= 0.3 is 0 Å². The van der Waals surface area contributed by atoms with Crippen LogP contribution in [0.4, 0.5) is 5.69 Å². The van der Waals surface area contributed by atoms with Gasteiger partial charge in [0.1, 0.15) is 5.01 Å². The predicted molar refractivity (Wildman–Crippen MR) is 85.7 cm³/mol. The Balaban J connectivity index is 2.25. The van der Waals surface area contributed by atoms with Crippen molar-refractivity contribution in [1.82, 2.24) is 10.2 Å². The second kappa shape index (κ2) is 6.11. The minimum atomic E-state index is -3.28. The van der Waals surface area contributed by atoms with Gasteiger partial charge in [0.15, 0.2) is 0 Å². The molecule has 0 fully saturated rings. The minimum absolute atomic E-state index is 0.0779. The highest BCUT2D eigenvalue weighted by molar-refractivity contribution is 7.92. The first-order valence-corrected chi connectivity index (χ1v) is 9.36. The van der Waals surface area contributed by atoms with Crippen molar-refractivity contribution < 1.29 is 8.42 Å². The molecular weight excluding hydrogens is 306 g/mol. The van der Waals surface area contributed by atoms with Gasteiger partial charge in [-0.1, -0.05) is 29.0 Å². The van der Waals surface area contributed by atoms with Crippen LogP contribution in [0.25, 0.3) is 0 Å². The van der Waals surface area contributed by atoms with Gasteiger partial charge in [-0.3, -0.25) is 0 Å². The normalized spacial score (nSPS) is 11.6. The molecule has 0 atom stereocenters. The predicted octanol–water partition coefficient (Wildman–Crippen LogP) is 2.58. The summed E-state index contributed by atoms with van der Waals surface area (Å²) in [6, 6.07) is 6.31. The van der Waals surface area contributed by atoms with Crippen molar-refractivity contribution in [3.8, 4) is 0 Å². The molecule has 0 unspecified atom stereocenters. The van der Waals surface area contributed by atoms with E-state index < -0.39 is 9.84 Å². The van der Waals surface area contributed by atoms with Gasteiger partial charge < -0.3 is 4.90 Å². The van der Waals surface area contributed by atoms with Gasteiger partial charge in [-0.25, -0.2) is 8.42 Å². The lowest BCUT2D eigenvalue weighted by atomic mass is 10.1. The SMILES string of the molecule is CCN(Cc1nnc(S(C)(=O)=O)s1)c1ccc(C)cc1C. The average molecular weight is 325 g/mol. The minimum Gasteiger partial charge on any atom is -0.365 e. The van der Waals surface area contributed by atoms with Gasteiger partial charge in [-0.15, -0.1) is 10.2 Å². The Morgan fingerprint density at radius 2 is 1.95 bits per heavy atom. The highest BCUT2D eigenvalue weighted by Crippen LogP contribution is 2.24. The van der Waals surface area contributed by atoms with Gasteiger partial charge in [0.05, 0.1) is 6.54 Å². The molecule has 2 rings (SSSR count). The molecule has 1 aromatic carbocycles. The summed E-state index contributed by atoms with van der Waals surface area (Å²) >= 11 is 1.14. The first kappa shape index (κ1) is 15.9. The Hall–Kier alpha value is -1.47. The summed E-state index contributed by atoms with van der Waals surface area (Å²) in [5.41, 5.74) is 3.56. The lowest BCUT2D eigenvalue weighted by molar-refractivity contribution is 0.600. The fourth-order valence-electron chi connectivity index (χ4n) is 2.14. The Morgan fingerprint density at radius 3 is 2.48 bits per heavy atom. The highest BCUT2D eigenvalue weighted by atomic mass is 32.2. The van der Waals surface area contributed by atoms with Gasteiger partial charge in [-0.2, -0.15) is 0 Å². The first-order valence-electron chi connectivity index (χ1n) is 6.66. The zero-order valence-corrected chi connectivity index (χ0v) is 14.3. The van der Waals surface area contributed by atoms with E-state index in [9.17, 15) is 8.42 Å². The standard InChI is InChI=1S/C14H19N3O2S2/c1-5-17(12-7-6-10(2)8-11(12)3)9-13-15-16-14(20-13)21(4,18)19/h6-8H,5,9H2,1-4H3. The first-order chi connectivity index (χ1) is 9.81. The molecule has 1 aromatic heterocycles. The third-order valence-electron chi connectivity index (χ3n) is 3.17. The van der Waals surface area contributed by atoms with Crippen LogP contribution in [0.5, 0.6) is 0 Å². The van der Waals surface area contributed by atoms with Crippen LogP contribution in [0.1, 0.15) is 23.1 Å². The van der Waals surface area contributed by atoms with Crippen LogP contribution in [0.2, 0.25) is 0 Å². The lowest BCUT2D eigenvalue weighted by Crippen LogP contribution is -2.22. The number of anilines is 1. The molecule has 114 valence electrons. The molecule has 0 aliphatic rings. The molecule has 0 saturated heterocycles. The van der Waals surface area contributed by atoms with Crippen LogP contribution < -0.4 is 4.90 Å². The second-order valence-corrected chi connectivity index (χ2v) is 8.29.